The summed E-state index contributed by atoms with van der Waals surface area (Å²) in [6.45, 7) is 3.95. The predicted octanol–water partition coefficient (Wildman–Crippen LogP) is 3.06. The number of sulfonamides is 1. The van der Waals surface area contributed by atoms with Crippen molar-refractivity contribution in [1.29, 1.82) is 0 Å². The van der Waals surface area contributed by atoms with E-state index in [0.717, 1.165) is 17.5 Å². The number of hydrogen-bond donors (Lipinski definition) is 1. The van der Waals surface area contributed by atoms with E-state index in [1.54, 1.807) is 6.07 Å². The van der Waals surface area contributed by atoms with Crippen LogP contribution in [0.3, 0.4) is 0 Å². The second-order valence-corrected chi connectivity index (χ2v) is 6.34. The molecule has 1 rings (SSSR count). The lowest BCUT2D eigenvalue weighted by atomic mass is 10.1. The highest BCUT2D eigenvalue weighted by Crippen LogP contribution is 2.15. The van der Waals surface area contributed by atoms with Crippen LogP contribution < -0.4 is 4.72 Å². The Morgan fingerprint density at radius 3 is 2.47 bits per heavy atom. The van der Waals surface area contributed by atoms with Gasteiger partial charge >= 0.3 is 0 Å². The molecular weight excluding hydrogens is 258 g/mol. The molecule has 0 fully saturated rings. The first kappa shape index (κ1) is 14.3. The van der Waals surface area contributed by atoms with Crippen molar-refractivity contribution in [1.82, 2.24) is 0 Å². The van der Waals surface area contributed by atoms with Crippen molar-refractivity contribution in [2.75, 3.05) is 16.4 Å². The molecule has 0 saturated carbocycles. The van der Waals surface area contributed by atoms with Gasteiger partial charge in [0.05, 0.1) is 5.75 Å². The van der Waals surface area contributed by atoms with Gasteiger partial charge in [-0.3, -0.25) is 4.72 Å². The normalized spacial score (nSPS) is 11.5. The van der Waals surface area contributed by atoms with Crippen LogP contribution in [0.5, 0.6) is 0 Å². The van der Waals surface area contributed by atoms with Gasteiger partial charge in [0.1, 0.15) is 0 Å². The van der Waals surface area contributed by atoms with Crippen molar-refractivity contribution in [2.24, 2.45) is 0 Å². The number of rotatable bonds is 6. The molecule has 1 N–H and O–H groups in total. The largest absolute Gasteiger partial charge is 0.284 e. The third-order valence-electron chi connectivity index (χ3n) is 2.58. The van der Waals surface area contributed by atoms with Gasteiger partial charge in [-0.25, -0.2) is 8.42 Å². The number of nitrogens with one attached hydrogen (secondary N) is 1. The number of hydrogen-bond acceptors (Lipinski definition) is 2. The molecule has 1 aromatic rings. The summed E-state index contributed by atoms with van der Waals surface area (Å²) < 4.78 is 26.0. The maximum absolute atomic E-state index is 11.7. The molecule has 96 valence electrons. The first-order valence-electron chi connectivity index (χ1n) is 5.58. The van der Waals surface area contributed by atoms with Crippen molar-refractivity contribution in [2.45, 2.75) is 26.7 Å². The number of halogens is 1. The summed E-state index contributed by atoms with van der Waals surface area (Å²) in [7, 11) is -3.25. The average Bonchev–Trinajstić information content (AvgIpc) is 2.23. The highest BCUT2D eigenvalue weighted by molar-refractivity contribution is 7.92. The summed E-state index contributed by atoms with van der Waals surface area (Å²) in [6.07, 6.45) is 1.30. The molecule has 0 heterocycles. The van der Waals surface area contributed by atoms with Crippen LogP contribution in [0.25, 0.3) is 0 Å². The summed E-state index contributed by atoms with van der Waals surface area (Å²) in [5, 5.41) is 0. The smallest absolute Gasteiger partial charge is 0.232 e. The SMILES string of the molecule is Cc1ccc(NS(=O)(=O)CCCCCl)cc1C. The molecule has 0 spiro atoms. The molecule has 0 atom stereocenters. The fourth-order valence-electron chi connectivity index (χ4n) is 1.42. The third-order valence-corrected chi connectivity index (χ3v) is 4.22. The van der Waals surface area contributed by atoms with Gasteiger partial charge in [-0.2, -0.15) is 0 Å². The molecule has 0 amide bonds. The van der Waals surface area contributed by atoms with Crippen LogP contribution in [0.2, 0.25) is 0 Å². The van der Waals surface area contributed by atoms with Crippen LogP contribution in [0, 0.1) is 13.8 Å². The van der Waals surface area contributed by atoms with Crippen LogP contribution in [-0.4, -0.2) is 20.1 Å². The Morgan fingerprint density at radius 1 is 1.18 bits per heavy atom. The second-order valence-electron chi connectivity index (χ2n) is 4.12. The fourth-order valence-corrected chi connectivity index (χ4v) is 2.78. The Labute approximate surface area is 108 Å². The Morgan fingerprint density at radius 2 is 1.88 bits per heavy atom. The molecule has 0 radical (unpaired) electrons. The highest BCUT2D eigenvalue weighted by atomic mass is 35.5. The summed E-state index contributed by atoms with van der Waals surface area (Å²) in [4.78, 5) is 0. The standard InChI is InChI=1S/C12H18ClNO2S/c1-10-5-6-12(9-11(10)2)14-17(15,16)8-4-3-7-13/h5-6,9,14H,3-4,7-8H2,1-2H3. The van der Waals surface area contributed by atoms with E-state index in [9.17, 15) is 8.42 Å². The van der Waals surface area contributed by atoms with E-state index in [0.29, 0.717) is 18.0 Å². The third kappa shape index (κ3) is 4.96. The zero-order chi connectivity index (χ0) is 12.9. The minimum absolute atomic E-state index is 0.118. The van der Waals surface area contributed by atoms with E-state index < -0.39 is 10.0 Å². The Bertz CT molecular complexity index is 471. The highest BCUT2D eigenvalue weighted by Gasteiger charge is 2.10. The number of benzene rings is 1. The van der Waals surface area contributed by atoms with Gasteiger partial charge in [-0.05, 0) is 49.9 Å². The lowest BCUT2D eigenvalue weighted by Crippen LogP contribution is -2.16. The molecule has 0 aliphatic rings. The van der Waals surface area contributed by atoms with Crippen molar-refractivity contribution in [3.8, 4) is 0 Å². The van der Waals surface area contributed by atoms with Crippen molar-refractivity contribution in [3.63, 3.8) is 0 Å². The van der Waals surface area contributed by atoms with Gasteiger partial charge in [0.15, 0.2) is 0 Å². The average molecular weight is 276 g/mol. The summed E-state index contributed by atoms with van der Waals surface area (Å²) in [6, 6.07) is 5.53. The molecule has 3 nitrogen and oxygen atoms in total. The molecule has 0 bridgehead atoms. The minimum atomic E-state index is -3.25. The molecule has 17 heavy (non-hydrogen) atoms. The van der Waals surface area contributed by atoms with Crippen molar-refractivity contribution in [3.05, 3.63) is 29.3 Å². The second kappa shape index (κ2) is 6.26. The zero-order valence-electron chi connectivity index (χ0n) is 10.2. The van der Waals surface area contributed by atoms with Crippen molar-refractivity contribution < 1.29 is 8.42 Å². The van der Waals surface area contributed by atoms with E-state index in [2.05, 4.69) is 4.72 Å². The summed E-state index contributed by atoms with van der Waals surface area (Å²) in [5.74, 6) is 0.617. The van der Waals surface area contributed by atoms with Gasteiger partial charge in [-0.15, -0.1) is 11.6 Å². The maximum atomic E-state index is 11.7. The van der Waals surface area contributed by atoms with Crippen LogP contribution in [-0.2, 0) is 10.0 Å². The maximum Gasteiger partial charge on any atom is 0.232 e. The van der Waals surface area contributed by atoms with E-state index >= 15 is 0 Å². The Hall–Kier alpha value is -0.740. The van der Waals surface area contributed by atoms with Gasteiger partial charge in [-0.1, -0.05) is 6.07 Å². The quantitative estimate of drug-likeness (QED) is 0.641. The van der Waals surface area contributed by atoms with Gasteiger partial charge in [0.2, 0.25) is 10.0 Å². The Kier molecular flexibility index (Phi) is 5.28. The lowest BCUT2D eigenvalue weighted by Gasteiger charge is -2.09. The molecule has 0 aliphatic heterocycles. The summed E-state index contributed by atoms with van der Waals surface area (Å²) >= 11 is 5.51. The van der Waals surface area contributed by atoms with Gasteiger partial charge < -0.3 is 0 Å². The van der Waals surface area contributed by atoms with Gasteiger partial charge in [0.25, 0.3) is 0 Å². The van der Waals surface area contributed by atoms with Crippen LogP contribution in [0.15, 0.2) is 18.2 Å². The van der Waals surface area contributed by atoms with E-state index in [1.807, 2.05) is 26.0 Å². The van der Waals surface area contributed by atoms with Crippen LogP contribution >= 0.6 is 11.6 Å². The lowest BCUT2D eigenvalue weighted by molar-refractivity contribution is 0.598. The van der Waals surface area contributed by atoms with E-state index in [-0.39, 0.29) is 5.75 Å². The zero-order valence-corrected chi connectivity index (χ0v) is 11.7. The fraction of sp³-hybridized carbons (Fsp3) is 0.500. The number of aryl methyl sites for hydroxylation is 2. The number of unbranched alkanes of at least 4 members (excludes halogenated alkanes) is 1. The first-order chi connectivity index (χ1) is 7.94. The molecule has 0 saturated heterocycles. The number of anilines is 1. The molecular formula is C12H18ClNO2S. The van der Waals surface area contributed by atoms with E-state index in [1.165, 1.54) is 0 Å². The molecule has 0 unspecified atom stereocenters. The predicted molar refractivity (Wildman–Crippen MR) is 73.3 cm³/mol. The molecule has 0 aliphatic carbocycles. The van der Waals surface area contributed by atoms with Crippen LogP contribution in [0.4, 0.5) is 5.69 Å². The molecule has 5 heteroatoms. The monoisotopic (exact) mass is 275 g/mol. The van der Waals surface area contributed by atoms with Crippen molar-refractivity contribution >= 4 is 27.3 Å². The topological polar surface area (TPSA) is 46.2 Å². The molecule has 0 aromatic heterocycles. The number of alkyl halides is 1. The minimum Gasteiger partial charge on any atom is -0.284 e. The Balaban J connectivity index is 2.66. The first-order valence-corrected chi connectivity index (χ1v) is 7.77. The van der Waals surface area contributed by atoms with E-state index in [4.69, 9.17) is 11.6 Å². The molecule has 1 aromatic carbocycles. The summed E-state index contributed by atoms with van der Waals surface area (Å²) in [5.41, 5.74) is 2.85. The van der Waals surface area contributed by atoms with Crippen LogP contribution in [0.1, 0.15) is 24.0 Å². The van der Waals surface area contributed by atoms with Gasteiger partial charge in [0, 0.05) is 11.6 Å².